The van der Waals surface area contributed by atoms with Gasteiger partial charge in [-0.3, -0.25) is 4.90 Å². The lowest BCUT2D eigenvalue weighted by atomic mass is 10.3. The van der Waals surface area contributed by atoms with Crippen LogP contribution in [0.15, 0.2) is 24.3 Å². The molecule has 2 rings (SSSR count). The maximum atomic E-state index is 12.7. The van der Waals surface area contributed by atoms with Crippen LogP contribution in [0, 0.1) is 5.82 Å². The molecule has 0 saturated carbocycles. The third-order valence-electron chi connectivity index (χ3n) is 3.28. The van der Waals surface area contributed by atoms with Gasteiger partial charge in [0.2, 0.25) is 0 Å². The normalized spacial score (nSPS) is 20.9. The van der Waals surface area contributed by atoms with Gasteiger partial charge < -0.3 is 5.32 Å². The first-order valence-corrected chi connectivity index (χ1v) is 7.66. The molecule has 100 valence electrons. The van der Waals surface area contributed by atoms with Crippen molar-refractivity contribution in [2.75, 3.05) is 37.2 Å². The predicted molar refractivity (Wildman–Crippen MR) is 77.9 cm³/mol. The van der Waals surface area contributed by atoms with Crippen molar-refractivity contribution in [1.82, 2.24) is 4.90 Å². The SMILES string of the molecule is CCC1CN(CCNc2ccc(F)cc2)CCS1. The van der Waals surface area contributed by atoms with Crippen LogP contribution in [0.4, 0.5) is 10.1 Å². The van der Waals surface area contributed by atoms with E-state index in [0.717, 1.165) is 24.0 Å². The Morgan fingerprint density at radius 3 is 2.89 bits per heavy atom. The summed E-state index contributed by atoms with van der Waals surface area (Å²) >= 11 is 2.09. The van der Waals surface area contributed by atoms with Crippen molar-refractivity contribution in [1.29, 1.82) is 0 Å². The van der Waals surface area contributed by atoms with Gasteiger partial charge in [-0.15, -0.1) is 0 Å². The second kappa shape index (κ2) is 7.00. The summed E-state index contributed by atoms with van der Waals surface area (Å²) in [6.07, 6.45) is 1.26. The Morgan fingerprint density at radius 1 is 1.39 bits per heavy atom. The Balaban J connectivity index is 1.70. The molecule has 1 heterocycles. The summed E-state index contributed by atoms with van der Waals surface area (Å²) in [5, 5.41) is 4.13. The van der Waals surface area contributed by atoms with E-state index in [1.165, 1.54) is 37.4 Å². The molecule has 1 aliphatic heterocycles. The molecule has 1 aromatic carbocycles. The zero-order chi connectivity index (χ0) is 12.8. The Hall–Kier alpha value is -0.740. The van der Waals surface area contributed by atoms with E-state index in [9.17, 15) is 4.39 Å². The molecular weight excluding hydrogens is 247 g/mol. The molecule has 1 aliphatic rings. The van der Waals surface area contributed by atoms with Crippen molar-refractivity contribution < 1.29 is 4.39 Å². The number of rotatable bonds is 5. The topological polar surface area (TPSA) is 15.3 Å². The van der Waals surface area contributed by atoms with E-state index >= 15 is 0 Å². The first kappa shape index (κ1) is 13.7. The van der Waals surface area contributed by atoms with Crippen molar-refractivity contribution in [2.24, 2.45) is 0 Å². The van der Waals surface area contributed by atoms with Crippen LogP contribution >= 0.6 is 11.8 Å². The lowest BCUT2D eigenvalue weighted by molar-refractivity contribution is 0.292. The van der Waals surface area contributed by atoms with E-state index in [1.807, 2.05) is 0 Å². The first-order chi connectivity index (χ1) is 8.78. The quantitative estimate of drug-likeness (QED) is 0.883. The van der Waals surface area contributed by atoms with E-state index in [1.54, 1.807) is 12.1 Å². The summed E-state index contributed by atoms with van der Waals surface area (Å²) < 4.78 is 12.7. The summed E-state index contributed by atoms with van der Waals surface area (Å²) in [6.45, 7) is 6.64. The summed E-state index contributed by atoms with van der Waals surface area (Å²) in [4.78, 5) is 2.52. The molecule has 0 aliphatic carbocycles. The van der Waals surface area contributed by atoms with E-state index in [0.29, 0.717) is 0 Å². The number of hydrogen-bond acceptors (Lipinski definition) is 3. The highest BCUT2D eigenvalue weighted by molar-refractivity contribution is 8.00. The van der Waals surface area contributed by atoms with Crippen molar-refractivity contribution >= 4 is 17.4 Å². The average molecular weight is 268 g/mol. The highest BCUT2D eigenvalue weighted by Gasteiger charge is 2.17. The minimum atomic E-state index is -0.181. The average Bonchev–Trinajstić information content (AvgIpc) is 2.41. The second-order valence-electron chi connectivity index (χ2n) is 4.64. The lowest BCUT2D eigenvalue weighted by Gasteiger charge is -2.31. The van der Waals surface area contributed by atoms with E-state index in [4.69, 9.17) is 0 Å². The van der Waals surface area contributed by atoms with Gasteiger partial charge in [0.05, 0.1) is 0 Å². The molecule has 1 fully saturated rings. The van der Waals surface area contributed by atoms with Gasteiger partial charge in [0.25, 0.3) is 0 Å². The number of nitrogens with one attached hydrogen (secondary N) is 1. The number of hydrogen-bond donors (Lipinski definition) is 1. The van der Waals surface area contributed by atoms with Gasteiger partial charge in [-0.2, -0.15) is 11.8 Å². The van der Waals surface area contributed by atoms with Gasteiger partial charge in [0, 0.05) is 42.9 Å². The van der Waals surface area contributed by atoms with E-state index in [-0.39, 0.29) is 5.82 Å². The molecule has 1 N–H and O–H groups in total. The monoisotopic (exact) mass is 268 g/mol. The predicted octanol–water partition coefficient (Wildman–Crippen LogP) is 3.07. The fourth-order valence-corrected chi connectivity index (χ4v) is 3.41. The molecular formula is C14H21FN2S. The molecule has 1 unspecified atom stereocenters. The molecule has 2 nitrogen and oxygen atoms in total. The van der Waals surface area contributed by atoms with Crippen molar-refractivity contribution in [3.8, 4) is 0 Å². The molecule has 18 heavy (non-hydrogen) atoms. The van der Waals surface area contributed by atoms with E-state index < -0.39 is 0 Å². The maximum Gasteiger partial charge on any atom is 0.123 e. The van der Waals surface area contributed by atoms with Crippen LogP contribution in [-0.4, -0.2) is 42.1 Å². The van der Waals surface area contributed by atoms with Crippen LogP contribution in [0.25, 0.3) is 0 Å². The fourth-order valence-electron chi connectivity index (χ4n) is 2.16. The third kappa shape index (κ3) is 4.18. The Kier molecular flexibility index (Phi) is 5.32. The molecule has 1 aromatic rings. The zero-order valence-corrected chi connectivity index (χ0v) is 11.7. The standard InChI is InChI=1S/C14H21FN2S/c1-2-14-11-17(9-10-18-14)8-7-16-13-5-3-12(15)4-6-13/h3-6,14,16H,2,7-11H2,1H3. The molecule has 0 radical (unpaired) electrons. The Morgan fingerprint density at radius 2 is 2.17 bits per heavy atom. The highest BCUT2D eigenvalue weighted by Crippen LogP contribution is 2.20. The summed E-state index contributed by atoms with van der Waals surface area (Å²) in [5.74, 6) is 1.06. The molecule has 0 bridgehead atoms. The molecule has 0 aromatic heterocycles. The smallest absolute Gasteiger partial charge is 0.123 e. The van der Waals surface area contributed by atoms with Crippen LogP contribution in [0.1, 0.15) is 13.3 Å². The minimum Gasteiger partial charge on any atom is -0.384 e. The maximum absolute atomic E-state index is 12.7. The first-order valence-electron chi connectivity index (χ1n) is 6.61. The Labute approximate surface area is 113 Å². The number of nitrogens with zero attached hydrogens (tertiary/aromatic N) is 1. The van der Waals surface area contributed by atoms with Gasteiger partial charge in [-0.1, -0.05) is 6.92 Å². The van der Waals surface area contributed by atoms with Gasteiger partial charge in [0.15, 0.2) is 0 Å². The zero-order valence-electron chi connectivity index (χ0n) is 10.9. The van der Waals surface area contributed by atoms with Gasteiger partial charge in [0.1, 0.15) is 5.82 Å². The van der Waals surface area contributed by atoms with Crippen LogP contribution in [0.3, 0.4) is 0 Å². The van der Waals surface area contributed by atoms with Crippen molar-refractivity contribution in [3.63, 3.8) is 0 Å². The number of benzene rings is 1. The summed E-state index contributed by atoms with van der Waals surface area (Å²) in [6, 6.07) is 6.56. The number of thioether (sulfide) groups is 1. The van der Waals surface area contributed by atoms with Gasteiger partial charge in [-0.05, 0) is 30.7 Å². The van der Waals surface area contributed by atoms with Crippen LogP contribution in [0.2, 0.25) is 0 Å². The van der Waals surface area contributed by atoms with Crippen molar-refractivity contribution in [2.45, 2.75) is 18.6 Å². The van der Waals surface area contributed by atoms with Crippen LogP contribution in [-0.2, 0) is 0 Å². The third-order valence-corrected chi connectivity index (χ3v) is 4.65. The highest BCUT2D eigenvalue weighted by atomic mass is 32.2. The fraction of sp³-hybridized carbons (Fsp3) is 0.571. The van der Waals surface area contributed by atoms with E-state index in [2.05, 4.69) is 28.9 Å². The molecule has 1 atom stereocenters. The minimum absolute atomic E-state index is 0.181. The largest absolute Gasteiger partial charge is 0.384 e. The van der Waals surface area contributed by atoms with Crippen molar-refractivity contribution in [3.05, 3.63) is 30.1 Å². The van der Waals surface area contributed by atoms with Gasteiger partial charge in [-0.25, -0.2) is 4.39 Å². The number of halogens is 1. The molecule has 1 saturated heterocycles. The lowest BCUT2D eigenvalue weighted by Crippen LogP contribution is -2.40. The number of anilines is 1. The van der Waals surface area contributed by atoms with Crippen LogP contribution < -0.4 is 5.32 Å². The molecule has 0 amide bonds. The summed E-state index contributed by atoms with van der Waals surface area (Å²) in [7, 11) is 0. The molecule has 4 heteroatoms. The summed E-state index contributed by atoms with van der Waals surface area (Å²) in [5.41, 5.74) is 0.995. The Bertz CT molecular complexity index is 355. The molecule has 0 spiro atoms. The second-order valence-corrected chi connectivity index (χ2v) is 6.04. The van der Waals surface area contributed by atoms with Gasteiger partial charge >= 0.3 is 0 Å². The van der Waals surface area contributed by atoms with Crippen LogP contribution in [0.5, 0.6) is 0 Å².